The molecule has 0 aromatic heterocycles. The third-order valence-corrected chi connectivity index (χ3v) is 13.1. The number of ether oxygens (including phenoxy) is 9. The Morgan fingerprint density at radius 1 is 0.613 bits per heavy atom. The molecule has 5 heterocycles. The number of aliphatic hydroxyl groups excluding tert-OH is 14. The highest BCUT2D eigenvalue weighted by Crippen LogP contribution is 2.39. The van der Waals surface area contributed by atoms with Crippen LogP contribution in [-0.2, 0) is 76.4 Å². The van der Waals surface area contributed by atoms with Gasteiger partial charge >= 0.3 is 16.4 Å². The lowest BCUT2D eigenvalue weighted by atomic mass is 9.88. The van der Waals surface area contributed by atoms with Crippen molar-refractivity contribution in [2.24, 2.45) is 0 Å². The van der Waals surface area contributed by atoms with Gasteiger partial charge in [-0.05, 0) is 0 Å². The predicted molar refractivity (Wildman–Crippen MR) is 229 cm³/mol. The molecule has 5 aliphatic rings. The van der Waals surface area contributed by atoms with E-state index in [-0.39, 0.29) is 0 Å². The highest BCUT2D eigenvalue weighted by atomic mass is 32.3. The Morgan fingerprint density at radius 3 is 1.68 bits per heavy atom. The summed E-state index contributed by atoms with van der Waals surface area (Å²) in [5.41, 5.74) is 0. The van der Waals surface area contributed by atoms with Gasteiger partial charge in [0.05, 0.1) is 45.2 Å². The minimum Gasteiger partial charge on any atom is -0.477 e. The summed E-state index contributed by atoms with van der Waals surface area (Å²) in [7, 11) is -5.29. The summed E-state index contributed by atoms with van der Waals surface area (Å²) in [6.45, 7) is -2.57. The number of carbonyl (C=O) groups excluding carboxylic acids is 3. The second-order valence-electron chi connectivity index (χ2n) is 18.2. The normalized spacial score (nSPS) is 43.5. The van der Waals surface area contributed by atoms with Crippen molar-refractivity contribution in [3.8, 4) is 0 Å². The molecule has 0 saturated carbocycles. The molecule has 0 spiro atoms. The highest BCUT2D eigenvalue weighted by molar-refractivity contribution is 7.80. The summed E-state index contributed by atoms with van der Waals surface area (Å²) >= 11 is 0. The number of hydrogen-bond acceptors (Lipinski definition) is 30. The summed E-state index contributed by atoms with van der Waals surface area (Å²) in [5, 5.41) is 168. The molecule has 26 atom stereocenters. The number of carbonyl (C=O) groups is 4. The minimum atomic E-state index is -5.29. The van der Waals surface area contributed by atoms with Gasteiger partial charge in [0.1, 0.15) is 116 Å². The Balaban J connectivity index is 1.42. The SMILES string of the molecule is CC(=O)N[C@@H]1[C@@H](O[C@@H]2O[C@H](CO)[C@H](O)[C@H](O[C@]3(C(=O)O)C[C@H](O)[C@@H](NC(C)=O)[C@H]([C@H](O)[C@H](O)CO)O3)[C@H]2O)[C@@H](O)[C@@H](CO[C@@H]2O[C@H](COS(=O)(=O)O)[C@@H](O[C@@H]3O[C@H](CO)[C@H](O)[C@H](O)[C@H]3O)[C@H](O)[C@H]2NC(C)=O)O[C@@H]1O. The van der Waals surface area contributed by atoms with Crippen LogP contribution in [-0.4, -0.2) is 305 Å². The Labute approximate surface area is 424 Å². The van der Waals surface area contributed by atoms with E-state index in [1.165, 1.54) is 0 Å². The third-order valence-electron chi connectivity index (χ3n) is 12.7. The van der Waals surface area contributed by atoms with Gasteiger partial charge in [0.2, 0.25) is 17.7 Å². The standard InChI is InChI=1S/C39H65N3O32S/c1-10(46)40-19-13(49)4-39(38(60)61,73-32(19)22(51)14(50)5-43)74-33-24(53)16(7-45)69-37(29(33)58)72-31-21(42-12(3)48)34(59)67-17(25(31)54)8-65-35-20(41-11(2)47)26(55)30(18(70-35)9-66-75(62,63)64)71-36-28(57)27(56)23(52)15(6-44)68-36/h13-37,43-45,49-59H,4-9H2,1-3H3,(H,40,46)(H,41,47)(H,42,48)(H,60,61)(H,62,63,64)/t13-,14+,15+,16+,17+,18+,19+,20+,21+,22+,23-,24-,25-,26+,27-,28+,29+,30+,31+,32+,33-,34-,35+,36-,37-,39-/m0/s1. The van der Waals surface area contributed by atoms with Gasteiger partial charge in [-0.2, -0.15) is 8.42 Å². The quantitative estimate of drug-likeness (QED) is 0.0475. The molecule has 0 radical (unpaired) electrons. The fourth-order valence-corrected chi connectivity index (χ4v) is 9.29. The molecule has 5 fully saturated rings. The molecular weight excluding hydrogens is 1050 g/mol. The fourth-order valence-electron chi connectivity index (χ4n) is 8.98. The van der Waals surface area contributed by atoms with Crippen LogP contribution in [0.3, 0.4) is 0 Å². The molecule has 0 aromatic carbocycles. The van der Waals surface area contributed by atoms with E-state index in [4.69, 9.17) is 42.6 Å². The van der Waals surface area contributed by atoms with Crippen LogP contribution in [0.5, 0.6) is 0 Å². The molecule has 5 saturated heterocycles. The highest BCUT2D eigenvalue weighted by Gasteiger charge is 2.61. The third kappa shape index (κ3) is 14.8. The lowest BCUT2D eigenvalue weighted by Crippen LogP contribution is -2.71. The molecule has 36 heteroatoms. The zero-order valence-electron chi connectivity index (χ0n) is 39.8. The largest absolute Gasteiger partial charge is 0.477 e. The first-order valence-corrected chi connectivity index (χ1v) is 24.2. The zero-order valence-corrected chi connectivity index (χ0v) is 40.6. The van der Waals surface area contributed by atoms with Crippen LogP contribution >= 0.6 is 0 Å². The van der Waals surface area contributed by atoms with E-state index in [9.17, 15) is 109 Å². The van der Waals surface area contributed by atoms with Crippen LogP contribution in [0, 0.1) is 0 Å². The molecule has 0 aromatic rings. The predicted octanol–water partition coefficient (Wildman–Crippen LogP) is -12.5. The molecule has 35 nitrogen and oxygen atoms in total. The molecular formula is C39H65N3O32S. The Morgan fingerprint density at radius 2 is 1.13 bits per heavy atom. The number of rotatable bonds is 21. The molecule has 5 aliphatic heterocycles. The van der Waals surface area contributed by atoms with Crippen LogP contribution in [0.25, 0.3) is 0 Å². The summed E-state index contributed by atoms with van der Waals surface area (Å²) < 4.78 is 87.9. The number of carboxylic acids is 1. The summed E-state index contributed by atoms with van der Waals surface area (Å²) in [6.07, 6.45) is -46.7. The van der Waals surface area contributed by atoms with Crippen molar-refractivity contribution < 1.29 is 156 Å². The number of nitrogens with one attached hydrogen (secondary N) is 3. The maximum atomic E-state index is 13.0. The molecule has 0 unspecified atom stereocenters. The van der Waals surface area contributed by atoms with Gasteiger partial charge in [0, 0.05) is 27.2 Å². The van der Waals surface area contributed by atoms with Crippen LogP contribution in [0.4, 0.5) is 0 Å². The molecule has 0 bridgehead atoms. The zero-order chi connectivity index (χ0) is 56.2. The number of aliphatic carboxylic acids is 1. The van der Waals surface area contributed by atoms with E-state index in [0.717, 1.165) is 20.8 Å². The van der Waals surface area contributed by atoms with Gasteiger partial charge in [-0.1, -0.05) is 0 Å². The maximum absolute atomic E-state index is 13.0. The topological polar surface area (TPSA) is 554 Å². The minimum absolute atomic E-state index is 0.834. The first kappa shape index (κ1) is 62.7. The molecule has 434 valence electrons. The van der Waals surface area contributed by atoms with Crippen molar-refractivity contribution >= 4 is 34.1 Å². The number of amides is 3. The van der Waals surface area contributed by atoms with Gasteiger partial charge in [0.25, 0.3) is 5.79 Å². The fraction of sp³-hybridized carbons (Fsp3) is 0.897. The first-order chi connectivity index (χ1) is 35.0. The Kier molecular flexibility index (Phi) is 21.9. The number of hydrogen-bond donors (Lipinski definition) is 19. The van der Waals surface area contributed by atoms with Gasteiger partial charge in [-0.3, -0.25) is 18.9 Å². The van der Waals surface area contributed by atoms with Gasteiger partial charge < -0.3 is 135 Å². The Hall–Kier alpha value is -3.17. The molecule has 75 heavy (non-hydrogen) atoms. The van der Waals surface area contributed by atoms with E-state index < -0.39 is 232 Å². The molecule has 19 N–H and O–H groups in total. The second-order valence-corrected chi connectivity index (χ2v) is 19.2. The van der Waals surface area contributed by atoms with E-state index in [2.05, 4.69) is 20.1 Å². The van der Waals surface area contributed by atoms with Gasteiger partial charge in [-0.25, -0.2) is 8.98 Å². The van der Waals surface area contributed by atoms with Crippen molar-refractivity contribution in [3.63, 3.8) is 0 Å². The van der Waals surface area contributed by atoms with E-state index in [1.807, 2.05) is 0 Å². The first-order valence-electron chi connectivity index (χ1n) is 22.9. The number of carboxylic acid groups (broad SMARTS) is 1. The summed E-state index contributed by atoms with van der Waals surface area (Å²) in [6, 6.07) is -5.31. The van der Waals surface area contributed by atoms with Crippen molar-refractivity contribution in [1.82, 2.24) is 16.0 Å². The van der Waals surface area contributed by atoms with Crippen molar-refractivity contribution in [2.75, 3.05) is 33.0 Å². The molecule has 3 amide bonds. The van der Waals surface area contributed by atoms with Crippen molar-refractivity contribution in [3.05, 3.63) is 0 Å². The maximum Gasteiger partial charge on any atom is 0.397 e. The number of aliphatic hydroxyl groups is 14. The summed E-state index contributed by atoms with van der Waals surface area (Å²) in [5.74, 6) is -7.93. The van der Waals surface area contributed by atoms with Gasteiger partial charge in [0.15, 0.2) is 25.2 Å². The van der Waals surface area contributed by atoms with Crippen LogP contribution in [0.2, 0.25) is 0 Å². The van der Waals surface area contributed by atoms with E-state index in [1.54, 1.807) is 0 Å². The Bertz CT molecular complexity index is 2030. The lowest BCUT2D eigenvalue weighted by molar-refractivity contribution is -0.381. The van der Waals surface area contributed by atoms with Crippen LogP contribution in [0.1, 0.15) is 27.2 Å². The molecule has 0 aliphatic carbocycles. The molecule has 5 rings (SSSR count). The average molecular weight is 1120 g/mol. The van der Waals surface area contributed by atoms with E-state index in [0.29, 0.717) is 0 Å². The van der Waals surface area contributed by atoms with Crippen molar-refractivity contribution in [2.45, 2.75) is 186 Å². The average Bonchev–Trinajstić information content (AvgIpc) is 3.33. The van der Waals surface area contributed by atoms with Crippen LogP contribution < -0.4 is 16.0 Å². The summed E-state index contributed by atoms with van der Waals surface area (Å²) in [4.78, 5) is 49.9. The van der Waals surface area contributed by atoms with Gasteiger partial charge in [-0.15, -0.1) is 0 Å². The monoisotopic (exact) mass is 1120 g/mol. The van der Waals surface area contributed by atoms with E-state index >= 15 is 0 Å². The second kappa shape index (κ2) is 26.2. The van der Waals surface area contributed by atoms with Crippen molar-refractivity contribution in [1.29, 1.82) is 0 Å². The smallest absolute Gasteiger partial charge is 0.397 e. The lowest BCUT2D eigenvalue weighted by Gasteiger charge is -2.51. The van der Waals surface area contributed by atoms with Crippen LogP contribution in [0.15, 0.2) is 0 Å².